The normalized spacial score (nSPS) is 28.7. The van der Waals surface area contributed by atoms with Crippen LogP contribution >= 0.6 is 0 Å². The van der Waals surface area contributed by atoms with Crippen LogP contribution in [0.15, 0.2) is 60.7 Å². The fraction of sp³-hybridized carbons (Fsp3) is 0.435. The van der Waals surface area contributed by atoms with Gasteiger partial charge < -0.3 is 9.47 Å². The molecule has 1 fully saturated rings. The molecule has 0 unspecified atom stereocenters. The zero-order valence-corrected chi connectivity index (χ0v) is 16.1. The second-order valence-electron chi connectivity index (χ2n) is 7.20. The highest BCUT2D eigenvalue weighted by Gasteiger charge is 2.64. The molecule has 0 aromatic heterocycles. The summed E-state index contributed by atoms with van der Waals surface area (Å²) in [5.41, 5.74) is 0.0739. The van der Waals surface area contributed by atoms with Crippen molar-refractivity contribution >= 4 is 5.78 Å². The second kappa shape index (κ2) is 7.34. The monoisotopic (exact) mass is 352 g/mol. The van der Waals surface area contributed by atoms with Gasteiger partial charge in [0.2, 0.25) is 0 Å². The highest BCUT2D eigenvalue weighted by molar-refractivity contribution is 6.00. The second-order valence-corrected chi connectivity index (χ2v) is 7.20. The van der Waals surface area contributed by atoms with E-state index in [0.717, 1.165) is 11.1 Å². The van der Waals surface area contributed by atoms with Gasteiger partial charge in [-0.25, -0.2) is 0 Å². The topological polar surface area (TPSA) is 35.5 Å². The lowest BCUT2D eigenvalue weighted by atomic mass is 9.69. The molecule has 0 aliphatic carbocycles. The van der Waals surface area contributed by atoms with E-state index in [9.17, 15) is 4.79 Å². The van der Waals surface area contributed by atoms with Gasteiger partial charge in [-0.2, -0.15) is 0 Å². The first-order chi connectivity index (χ1) is 12.5. The molecule has 0 saturated carbocycles. The van der Waals surface area contributed by atoms with Crippen LogP contribution in [0.2, 0.25) is 0 Å². The standard InChI is InChI=1S/C23H28O3/c1-5-22(18-13-9-7-10-14-18)20(24)23(6-2,19-15-11-8-12-16-19)26-21(22)25-17(3)4/h7-17,21H,5-6H2,1-4H3/t21-,22+,23+/m0/s1. The van der Waals surface area contributed by atoms with Crippen LogP contribution in [0.4, 0.5) is 0 Å². The molecular weight excluding hydrogens is 324 g/mol. The smallest absolute Gasteiger partial charge is 0.184 e. The summed E-state index contributed by atoms with van der Waals surface area (Å²) >= 11 is 0. The van der Waals surface area contributed by atoms with E-state index in [4.69, 9.17) is 9.47 Å². The Morgan fingerprint density at radius 2 is 1.46 bits per heavy atom. The zero-order chi connectivity index (χ0) is 18.8. The minimum atomic E-state index is -0.979. The summed E-state index contributed by atoms with van der Waals surface area (Å²) in [5.74, 6) is 0.0954. The van der Waals surface area contributed by atoms with Crippen LogP contribution in [-0.4, -0.2) is 18.2 Å². The minimum Gasteiger partial charge on any atom is -0.348 e. The van der Waals surface area contributed by atoms with Crippen LogP contribution in [-0.2, 0) is 25.3 Å². The number of ether oxygens (including phenoxy) is 2. The molecule has 26 heavy (non-hydrogen) atoms. The van der Waals surface area contributed by atoms with Gasteiger partial charge in [0.25, 0.3) is 0 Å². The lowest BCUT2D eigenvalue weighted by Crippen LogP contribution is -2.45. The van der Waals surface area contributed by atoms with Crippen molar-refractivity contribution in [1.29, 1.82) is 0 Å². The van der Waals surface area contributed by atoms with Gasteiger partial charge >= 0.3 is 0 Å². The van der Waals surface area contributed by atoms with Crippen LogP contribution in [0.5, 0.6) is 0 Å². The van der Waals surface area contributed by atoms with Gasteiger partial charge in [-0.15, -0.1) is 0 Å². The summed E-state index contributed by atoms with van der Waals surface area (Å²) in [6, 6.07) is 19.8. The number of carbonyl (C=O) groups is 1. The van der Waals surface area contributed by atoms with Gasteiger partial charge in [-0.3, -0.25) is 4.79 Å². The van der Waals surface area contributed by atoms with Crippen molar-refractivity contribution in [2.24, 2.45) is 0 Å². The fourth-order valence-corrected chi connectivity index (χ4v) is 4.08. The van der Waals surface area contributed by atoms with Crippen LogP contribution in [0.3, 0.4) is 0 Å². The van der Waals surface area contributed by atoms with Crippen LogP contribution in [0.25, 0.3) is 0 Å². The van der Waals surface area contributed by atoms with E-state index < -0.39 is 17.3 Å². The van der Waals surface area contributed by atoms with Crippen molar-refractivity contribution in [2.45, 2.75) is 63.9 Å². The zero-order valence-electron chi connectivity index (χ0n) is 16.1. The Bertz CT molecular complexity index is 741. The molecule has 1 heterocycles. The van der Waals surface area contributed by atoms with Crippen LogP contribution < -0.4 is 0 Å². The Balaban J connectivity index is 2.20. The molecule has 0 amide bonds. The molecule has 3 atom stereocenters. The van der Waals surface area contributed by atoms with Gasteiger partial charge in [-0.05, 0) is 37.8 Å². The third-order valence-electron chi connectivity index (χ3n) is 5.46. The van der Waals surface area contributed by atoms with Crippen molar-refractivity contribution in [1.82, 2.24) is 0 Å². The van der Waals surface area contributed by atoms with Gasteiger partial charge in [0.1, 0.15) is 5.41 Å². The summed E-state index contributed by atoms with van der Waals surface area (Å²) < 4.78 is 12.7. The Hall–Kier alpha value is -1.97. The quantitative estimate of drug-likeness (QED) is 0.735. The van der Waals surface area contributed by atoms with E-state index in [-0.39, 0.29) is 11.9 Å². The summed E-state index contributed by atoms with van der Waals surface area (Å²) in [5, 5.41) is 0. The molecule has 1 aliphatic rings. The Morgan fingerprint density at radius 3 is 1.92 bits per heavy atom. The number of Topliss-reactive ketones (excluding diaryl/α,β-unsaturated/α-hetero) is 1. The number of rotatable bonds is 6. The van der Waals surface area contributed by atoms with E-state index in [0.29, 0.717) is 12.8 Å². The summed E-state index contributed by atoms with van der Waals surface area (Å²) in [7, 11) is 0. The summed E-state index contributed by atoms with van der Waals surface area (Å²) in [6.07, 6.45) is 0.554. The van der Waals surface area contributed by atoms with Gasteiger partial charge in [0.05, 0.1) is 6.10 Å². The molecule has 0 N–H and O–H groups in total. The number of hydrogen-bond acceptors (Lipinski definition) is 3. The minimum absolute atomic E-state index is 0.0362. The first-order valence-corrected chi connectivity index (χ1v) is 9.50. The molecule has 1 aliphatic heterocycles. The number of carbonyl (C=O) groups excluding carboxylic acids is 1. The van der Waals surface area contributed by atoms with Crippen molar-refractivity contribution in [3.63, 3.8) is 0 Å². The van der Waals surface area contributed by atoms with Crippen LogP contribution in [0, 0.1) is 0 Å². The molecular formula is C23H28O3. The predicted octanol–water partition coefficient (Wildman–Crippen LogP) is 4.99. The van der Waals surface area contributed by atoms with Gasteiger partial charge in [0.15, 0.2) is 17.7 Å². The largest absolute Gasteiger partial charge is 0.348 e. The molecule has 3 heteroatoms. The summed E-state index contributed by atoms with van der Waals surface area (Å²) in [6.45, 7) is 8.01. The predicted molar refractivity (Wildman–Crippen MR) is 103 cm³/mol. The van der Waals surface area contributed by atoms with E-state index in [2.05, 4.69) is 0 Å². The molecule has 0 spiro atoms. The molecule has 1 saturated heterocycles. The lowest BCUT2D eigenvalue weighted by molar-refractivity contribution is -0.205. The maximum atomic E-state index is 14.0. The van der Waals surface area contributed by atoms with E-state index in [1.54, 1.807) is 0 Å². The van der Waals surface area contributed by atoms with Gasteiger partial charge in [0, 0.05) is 0 Å². The molecule has 0 bridgehead atoms. The summed E-state index contributed by atoms with van der Waals surface area (Å²) in [4.78, 5) is 14.0. The fourth-order valence-electron chi connectivity index (χ4n) is 4.08. The average Bonchev–Trinajstić information content (AvgIpc) is 2.92. The number of ketones is 1. The average molecular weight is 352 g/mol. The van der Waals surface area contributed by atoms with E-state index >= 15 is 0 Å². The van der Waals surface area contributed by atoms with E-state index in [1.165, 1.54) is 0 Å². The van der Waals surface area contributed by atoms with Crippen molar-refractivity contribution < 1.29 is 14.3 Å². The third-order valence-corrected chi connectivity index (χ3v) is 5.46. The van der Waals surface area contributed by atoms with Gasteiger partial charge in [-0.1, -0.05) is 74.5 Å². The van der Waals surface area contributed by atoms with Crippen molar-refractivity contribution in [2.75, 3.05) is 0 Å². The first kappa shape index (κ1) is 18.8. The Labute approximate surface area is 156 Å². The van der Waals surface area contributed by atoms with Crippen LogP contribution in [0.1, 0.15) is 51.7 Å². The Morgan fingerprint density at radius 1 is 0.923 bits per heavy atom. The molecule has 2 aromatic carbocycles. The van der Waals surface area contributed by atoms with Crippen molar-refractivity contribution in [3.8, 4) is 0 Å². The molecule has 138 valence electrons. The highest BCUT2D eigenvalue weighted by atomic mass is 16.7. The number of hydrogen-bond donors (Lipinski definition) is 0. The molecule has 3 rings (SSSR count). The Kier molecular flexibility index (Phi) is 5.31. The van der Waals surface area contributed by atoms with Crippen molar-refractivity contribution in [3.05, 3.63) is 71.8 Å². The maximum absolute atomic E-state index is 14.0. The molecule has 0 radical (unpaired) electrons. The number of benzene rings is 2. The SMILES string of the molecule is CC[C@]1(c2ccccc2)O[C@H](OC(C)C)[C@](CC)(c2ccccc2)C1=O. The lowest BCUT2D eigenvalue weighted by Gasteiger charge is -2.32. The molecule has 2 aromatic rings. The first-order valence-electron chi connectivity index (χ1n) is 9.50. The molecule has 3 nitrogen and oxygen atoms in total. The third kappa shape index (κ3) is 2.80. The maximum Gasteiger partial charge on any atom is 0.184 e. The highest BCUT2D eigenvalue weighted by Crippen LogP contribution is 2.52. The van der Waals surface area contributed by atoms with E-state index in [1.807, 2.05) is 88.4 Å².